The Morgan fingerprint density at radius 1 is 0.857 bits per heavy atom. The Morgan fingerprint density at radius 2 is 1.60 bits per heavy atom. The zero-order valence-electron chi connectivity index (χ0n) is 18.4. The molecule has 1 heterocycles. The lowest BCUT2D eigenvalue weighted by Gasteiger charge is -2.14. The first-order valence-corrected chi connectivity index (χ1v) is 13.3. The van der Waals surface area contributed by atoms with Gasteiger partial charge >= 0.3 is 0 Å². The van der Waals surface area contributed by atoms with Crippen molar-refractivity contribution in [2.75, 3.05) is 0 Å². The molecule has 4 aromatic rings. The van der Waals surface area contributed by atoms with Crippen molar-refractivity contribution in [1.82, 2.24) is 4.90 Å². The Hall–Kier alpha value is -2.87. The number of hydrogen-bond acceptors (Lipinski definition) is 4. The van der Waals surface area contributed by atoms with Crippen LogP contribution in [-0.2, 0) is 17.9 Å². The van der Waals surface area contributed by atoms with Gasteiger partial charge < -0.3 is 4.74 Å². The van der Waals surface area contributed by atoms with Crippen LogP contribution in [0.1, 0.15) is 16.7 Å². The summed E-state index contributed by atoms with van der Waals surface area (Å²) >= 11 is 7.94. The van der Waals surface area contributed by atoms with E-state index < -0.39 is 0 Å². The minimum absolute atomic E-state index is 0.215. The van der Waals surface area contributed by atoms with E-state index in [1.54, 1.807) is 6.08 Å². The fourth-order valence-corrected chi connectivity index (χ4v) is 5.53. The van der Waals surface area contributed by atoms with E-state index in [1.807, 2.05) is 66.7 Å². The largest absolute Gasteiger partial charge is 0.488 e. The number of fused-ring (bicyclic) bond motifs is 1. The normalized spacial score (nSPS) is 14.8. The van der Waals surface area contributed by atoms with Crippen molar-refractivity contribution in [2.45, 2.75) is 13.2 Å². The van der Waals surface area contributed by atoms with Gasteiger partial charge in [0.15, 0.2) is 0 Å². The van der Waals surface area contributed by atoms with Crippen LogP contribution in [0.15, 0.2) is 98.8 Å². The molecule has 1 fully saturated rings. The molecular formula is C28H19Br2NO3S. The van der Waals surface area contributed by atoms with Gasteiger partial charge in [-0.1, -0.05) is 92.5 Å². The van der Waals surface area contributed by atoms with Crippen LogP contribution in [0.5, 0.6) is 5.75 Å². The first-order chi connectivity index (χ1) is 17.0. The lowest BCUT2D eigenvalue weighted by molar-refractivity contribution is -0.123. The third kappa shape index (κ3) is 5.22. The summed E-state index contributed by atoms with van der Waals surface area (Å²) < 4.78 is 7.92. The van der Waals surface area contributed by atoms with Gasteiger partial charge in [0.05, 0.1) is 11.4 Å². The molecule has 0 atom stereocenters. The van der Waals surface area contributed by atoms with E-state index >= 15 is 0 Å². The average molecular weight is 609 g/mol. The van der Waals surface area contributed by atoms with Crippen molar-refractivity contribution in [1.29, 1.82) is 0 Å². The molecule has 0 N–H and O–H groups in total. The van der Waals surface area contributed by atoms with Crippen LogP contribution >= 0.6 is 43.6 Å². The topological polar surface area (TPSA) is 46.6 Å². The predicted molar refractivity (Wildman–Crippen MR) is 148 cm³/mol. The van der Waals surface area contributed by atoms with E-state index in [0.29, 0.717) is 17.3 Å². The van der Waals surface area contributed by atoms with E-state index in [9.17, 15) is 9.59 Å². The highest BCUT2D eigenvalue weighted by atomic mass is 79.9. The molecule has 4 nitrogen and oxygen atoms in total. The maximum Gasteiger partial charge on any atom is 0.293 e. The van der Waals surface area contributed by atoms with E-state index in [1.165, 1.54) is 4.90 Å². The van der Waals surface area contributed by atoms with Gasteiger partial charge in [-0.05, 0) is 64.0 Å². The van der Waals surface area contributed by atoms with Gasteiger partial charge in [0, 0.05) is 14.5 Å². The van der Waals surface area contributed by atoms with Crippen LogP contribution in [0.25, 0.3) is 16.8 Å². The van der Waals surface area contributed by atoms with Crippen LogP contribution < -0.4 is 4.74 Å². The number of rotatable bonds is 6. The lowest BCUT2D eigenvalue weighted by Crippen LogP contribution is -2.27. The highest BCUT2D eigenvalue weighted by Crippen LogP contribution is 2.36. The zero-order valence-corrected chi connectivity index (χ0v) is 22.4. The van der Waals surface area contributed by atoms with Crippen LogP contribution in [0, 0.1) is 0 Å². The van der Waals surface area contributed by atoms with Crippen molar-refractivity contribution >= 4 is 71.6 Å². The summed E-state index contributed by atoms with van der Waals surface area (Å²) in [4.78, 5) is 27.4. The second kappa shape index (κ2) is 10.4. The van der Waals surface area contributed by atoms with Crippen LogP contribution in [0.2, 0.25) is 0 Å². The van der Waals surface area contributed by atoms with Crippen LogP contribution in [0.4, 0.5) is 4.79 Å². The molecule has 1 aliphatic rings. The summed E-state index contributed by atoms with van der Waals surface area (Å²) in [6.07, 6.45) is 1.73. The molecule has 0 aliphatic carbocycles. The van der Waals surface area contributed by atoms with E-state index in [-0.39, 0.29) is 17.7 Å². The zero-order chi connectivity index (χ0) is 24.4. The Morgan fingerprint density at radius 3 is 2.46 bits per heavy atom. The van der Waals surface area contributed by atoms with Crippen LogP contribution in [-0.4, -0.2) is 16.0 Å². The summed E-state index contributed by atoms with van der Waals surface area (Å²) in [5, 5.41) is 2.01. The highest BCUT2D eigenvalue weighted by molar-refractivity contribution is 9.10. The molecule has 1 saturated heterocycles. The Balaban J connectivity index is 1.40. The third-order valence-electron chi connectivity index (χ3n) is 5.68. The number of carbonyl (C=O) groups excluding carboxylic acids is 2. The number of ether oxygens (including phenoxy) is 1. The molecular weight excluding hydrogens is 590 g/mol. The number of halogens is 2. The Labute approximate surface area is 224 Å². The maximum absolute atomic E-state index is 13.1. The standard InChI is InChI=1S/C28H19Br2NO3S/c29-22-12-13-25(34-17-20-9-5-8-18-6-1-3-10-23(18)20)21(14-22)15-26-27(32)31(28(33)35-26)16-19-7-2-4-11-24(19)30/h1-15H,16-17H2/b26-15-. The summed E-state index contributed by atoms with van der Waals surface area (Å²) in [5.74, 6) is 0.328. The minimum Gasteiger partial charge on any atom is -0.488 e. The fraction of sp³-hybridized carbons (Fsp3) is 0.0714. The molecule has 7 heteroatoms. The van der Waals surface area contributed by atoms with Crippen molar-refractivity contribution in [2.24, 2.45) is 0 Å². The second-order valence-corrected chi connectivity index (χ2v) is 10.7. The quantitative estimate of drug-likeness (QED) is 0.207. The molecule has 0 bridgehead atoms. The van der Waals surface area contributed by atoms with Crippen molar-refractivity contribution in [3.05, 3.63) is 115 Å². The summed E-state index contributed by atoms with van der Waals surface area (Å²) in [6, 6.07) is 27.6. The van der Waals surface area contributed by atoms with Crippen molar-refractivity contribution in [3.63, 3.8) is 0 Å². The van der Waals surface area contributed by atoms with Gasteiger partial charge in [0.25, 0.3) is 11.1 Å². The molecule has 35 heavy (non-hydrogen) atoms. The number of amides is 2. The first kappa shape index (κ1) is 23.9. The molecule has 174 valence electrons. The molecule has 5 rings (SSSR count). The summed E-state index contributed by atoms with van der Waals surface area (Å²) in [7, 11) is 0. The van der Waals surface area contributed by atoms with Crippen molar-refractivity contribution < 1.29 is 14.3 Å². The molecule has 1 aliphatic heterocycles. The first-order valence-electron chi connectivity index (χ1n) is 10.9. The predicted octanol–water partition coefficient (Wildman–Crippen LogP) is 8.18. The van der Waals surface area contributed by atoms with Gasteiger partial charge in [-0.3, -0.25) is 14.5 Å². The SMILES string of the molecule is O=C1S/C(=C\c2cc(Br)ccc2OCc2cccc3ccccc23)C(=O)N1Cc1ccccc1Br. The van der Waals surface area contributed by atoms with E-state index in [4.69, 9.17) is 4.74 Å². The average Bonchev–Trinajstić information content (AvgIpc) is 3.12. The molecule has 4 aromatic carbocycles. The van der Waals surface area contributed by atoms with Crippen molar-refractivity contribution in [3.8, 4) is 5.75 Å². The number of thioether (sulfide) groups is 1. The number of hydrogen-bond donors (Lipinski definition) is 0. The molecule has 2 amide bonds. The van der Waals surface area contributed by atoms with Gasteiger partial charge in [-0.15, -0.1) is 0 Å². The van der Waals surface area contributed by atoms with Gasteiger partial charge in [0.1, 0.15) is 12.4 Å². The molecule has 0 saturated carbocycles. The number of imide groups is 1. The molecule has 0 radical (unpaired) electrons. The Kier molecular flexibility index (Phi) is 7.09. The monoisotopic (exact) mass is 607 g/mol. The number of carbonyl (C=O) groups is 2. The molecule has 0 unspecified atom stereocenters. The Bertz CT molecular complexity index is 1480. The smallest absolute Gasteiger partial charge is 0.293 e. The van der Waals surface area contributed by atoms with Crippen LogP contribution in [0.3, 0.4) is 0 Å². The molecule has 0 spiro atoms. The second-order valence-electron chi connectivity index (χ2n) is 7.97. The third-order valence-corrected chi connectivity index (χ3v) is 7.86. The molecule has 0 aromatic heterocycles. The highest BCUT2D eigenvalue weighted by Gasteiger charge is 2.35. The summed E-state index contributed by atoms with van der Waals surface area (Å²) in [5.41, 5.74) is 2.68. The minimum atomic E-state index is -0.310. The number of benzene rings is 4. The van der Waals surface area contributed by atoms with E-state index in [0.717, 1.165) is 48.2 Å². The van der Waals surface area contributed by atoms with Gasteiger partial charge in [-0.25, -0.2) is 0 Å². The van der Waals surface area contributed by atoms with Gasteiger partial charge in [-0.2, -0.15) is 0 Å². The van der Waals surface area contributed by atoms with E-state index in [2.05, 4.69) is 50.1 Å². The summed E-state index contributed by atoms with van der Waals surface area (Å²) in [6.45, 7) is 0.597. The fourth-order valence-electron chi connectivity index (χ4n) is 3.91. The van der Waals surface area contributed by atoms with Gasteiger partial charge in [0.2, 0.25) is 0 Å². The number of nitrogens with zero attached hydrogens (tertiary/aromatic N) is 1. The maximum atomic E-state index is 13.1. The lowest BCUT2D eigenvalue weighted by atomic mass is 10.1.